The number of nitrogens with zero attached hydrogens (tertiary/aromatic N) is 4. The van der Waals surface area contributed by atoms with E-state index in [-0.39, 0.29) is 30.4 Å². The van der Waals surface area contributed by atoms with Gasteiger partial charge in [-0.25, -0.2) is 9.78 Å². The molecule has 0 fully saturated rings. The van der Waals surface area contributed by atoms with Gasteiger partial charge >= 0.3 is 5.69 Å². The van der Waals surface area contributed by atoms with Crippen LogP contribution in [0, 0.1) is 0 Å². The minimum atomic E-state index is -0.747. The van der Waals surface area contributed by atoms with E-state index >= 15 is 0 Å². The Morgan fingerprint density at radius 3 is 2.76 bits per heavy atom. The van der Waals surface area contributed by atoms with E-state index in [9.17, 15) is 14.4 Å². The van der Waals surface area contributed by atoms with Crippen LogP contribution in [0.4, 0.5) is 11.5 Å². The van der Waals surface area contributed by atoms with Crippen molar-refractivity contribution in [3.8, 4) is 0 Å². The highest BCUT2D eigenvalue weighted by molar-refractivity contribution is 6.05. The summed E-state index contributed by atoms with van der Waals surface area (Å²) in [5.41, 5.74) is 4.60. The zero-order valence-corrected chi connectivity index (χ0v) is 14.1. The van der Waals surface area contributed by atoms with Gasteiger partial charge in [0.15, 0.2) is 5.69 Å². The molecule has 3 N–H and O–H groups in total. The van der Waals surface area contributed by atoms with Gasteiger partial charge in [-0.05, 0) is 6.42 Å². The average Bonchev–Trinajstić information content (AvgIpc) is 2.61. The first-order valence-electron chi connectivity index (χ1n) is 7.70. The highest BCUT2D eigenvalue weighted by atomic mass is 16.5. The van der Waals surface area contributed by atoms with Gasteiger partial charge in [0.25, 0.3) is 11.5 Å². The van der Waals surface area contributed by atoms with Gasteiger partial charge in [-0.15, -0.1) is 0 Å². The summed E-state index contributed by atoms with van der Waals surface area (Å²) in [4.78, 5) is 48.2. The normalized spacial score (nSPS) is 10.6. The zero-order chi connectivity index (χ0) is 18.4. The van der Waals surface area contributed by atoms with Crippen molar-refractivity contribution in [2.24, 2.45) is 0 Å². The third kappa shape index (κ3) is 3.91. The lowest BCUT2D eigenvalue weighted by atomic mass is 10.3. The lowest BCUT2D eigenvalue weighted by Gasteiger charge is -2.23. The molecule has 1 amide bonds. The number of methoxy groups -OCH3 is 1. The Morgan fingerprint density at radius 1 is 1.40 bits per heavy atom. The van der Waals surface area contributed by atoms with E-state index in [1.165, 1.54) is 30.3 Å². The van der Waals surface area contributed by atoms with Crippen LogP contribution in [0.15, 0.2) is 28.2 Å². The number of anilines is 2. The predicted molar refractivity (Wildman–Crippen MR) is 91.6 cm³/mol. The van der Waals surface area contributed by atoms with Crippen LogP contribution >= 0.6 is 0 Å². The maximum atomic E-state index is 12.8. The molecule has 2 aromatic heterocycles. The molecule has 134 valence electrons. The molecular formula is C15H20N6O4. The molecule has 2 aromatic rings. The molecule has 0 radical (unpaired) electrons. The fourth-order valence-corrected chi connectivity index (χ4v) is 2.33. The number of carbonyl (C=O) groups is 1. The molecule has 10 nitrogen and oxygen atoms in total. The summed E-state index contributed by atoms with van der Waals surface area (Å²) in [6, 6.07) is 0. The fourth-order valence-electron chi connectivity index (χ4n) is 2.33. The molecule has 25 heavy (non-hydrogen) atoms. The number of hydrogen-bond donors (Lipinski definition) is 2. The van der Waals surface area contributed by atoms with Crippen molar-refractivity contribution in [1.29, 1.82) is 0 Å². The maximum Gasteiger partial charge on any atom is 0.330 e. The number of carbonyl (C=O) groups excluding carboxylic acids is 1. The number of amides is 1. The summed E-state index contributed by atoms with van der Waals surface area (Å²) >= 11 is 0. The molecule has 2 rings (SSSR count). The number of ether oxygens (including phenoxy) is 1. The Bertz CT molecular complexity index is 845. The van der Waals surface area contributed by atoms with Crippen molar-refractivity contribution in [2.45, 2.75) is 19.9 Å². The molecular weight excluding hydrogens is 328 g/mol. The lowest BCUT2D eigenvalue weighted by Crippen LogP contribution is -2.42. The Morgan fingerprint density at radius 2 is 2.16 bits per heavy atom. The third-order valence-corrected chi connectivity index (χ3v) is 3.48. The summed E-state index contributed by atoms with van der Waals surface area (Å²) < 4.78 is 6.23. The van der Waals surface area contributed by atoms with E-state index in [4.69, 9.17) is 10.5 Å². The number of nitrogens with two attached hydrogens (primary N) is 1. The van der Waals surface area contributed by atoms with Crippen molar-refractivity contribution in [3.05, 3.63) is 45.1 Å². The number of nitrogen functional groups attached to an aromatic ring is 1. The van der Waals surface area contributed by atoms with Crippen LogP contribution < -0.4 is 21.9 Å². The maximum absolute atomic E-state index is 12.8. The molecule has 0 aliphatic rings. The zero-order valence-electron chi connectivity index (χ0n) is 14.1. The Kier molecular flexibility index (Phi) is 6.01. The summed E-state index contributed by atoms with van der Waals surface area (Å²) in [5, 5.41) is 0. The summed E-state index contributed by atoms with van der Waals surface area (Å²) in [5.74, 6) is -0.645. The number of aromatic nitrogens is 4. The summed E-state index contributed by atoms with van der Waals surface area (Å²) in [6.45, 7) is 2.40. The second-order valence-corrected chi connectivity index (χ2v) is 5.19. The Labute approximate surface area is 143 Å². The molecule has 0 aliphatic heterocycles. The van der Waals surface area contributed by atoms with Crippen LogP contribution in [0.5, 0.6) is 0 Å². The van der Waals surface area contributed by atoms with Gasteiger partial charge in [0.2, 0.25) is 0 Å². The molecule has 10 heteroatoms. The molecule has 0 bridgehead atoms. The van der Waals surface area contributed by atoms with Crippen LogP contribution in [-0.2, 0) is 11.3 Å². The van der Waals surface area contributed by atoms with Gasteiger partial charge in [0, 0.05) is 32.6 Å². The number of hydrogen-bond acceptors (Lipinski definition) is 7. The first-order valence-corrected chi connectivity index (χ1v) is 7.70. The van der Waals surface area contributed by atoms with Gasteiger partial charge in [-0.1, -0.05) is 6.92 Å². The second-order valence-electron chi connectivity index (χ2n) is 5.19. The first-order chi connectivity index (χ1) is 12.0. The first kappa shape index (κ1) is 18.3. The molecule has 0 unspecified atom stereocenters. The minimum Gasteiger partial charge on any atom is -0.383 e. The van der Waals surface area contributed by atoms with Crippen LogP contribution in [0.2, 0.25) is 0 Å². The standard InChI is InChI=1S/C15H20N6O4/c1-3-6-21-12(16)11(13(22)19-15(21)24)20(7-8-25-2)14(23)10-9-17-4-5-18-10/h4-5,9H,3,6-8,16H2,1-2H3,(H,19,22,24). The Balaban J connectivity index is 2.59. The Hall–Kier alpha value is -3.01. The molecule has 0 atom stereocenters. The summed E-state index contributed by atoms with van der Waals surface area (Å²) in [6.07, 6.45) is 4.71. The van der Waals surface area contributed by atoms with E-state index in [0.717, 1.165) is 4.90 Å². The molecule has 0 saturated carbocycles. The molecule has 2 heterocycles. The van der Waals surface area contributed by atoms with E-state index in [1.54, 1.807) is 0 Å². The van der Waals surface area contributed by atoms with Crippen LogP contribution in [0.25, 0.3) is 0 Å². The number of rotatable bonds is 7. The van der Waals surface area contributed by atoms with Crippen LogP contribution in [0.3, 0.4) is 0 Å². The summed E-state index contributed by atoms with van der Waals surface area (Å²) in [7, 11) is 1.47. The highest BCUT2D eigenvalue weighted by Gasteiger charge is 2.25. The highest BCUT2D eigenvalue weighted by Crippen LogP contribution is 2.18. The van der Waals surface area contributed by atoms with Gasteiger partial charge < -0.3 is 10.5 Å². The predicted octanol–water partition coefficient (Wildman–Crippen LogP) is -0.388. The van der Waals surface area contributed by atoms with E-state index in [1.807, 2.05) is 6.92 Å². The van der Waals surface area contributed by atoms with E-state index < -0.39 is 17.2 Å². The smallest absolute Gasteiger partial charge is 0.330 e. The fraction of sp³-hybridized carbons (Fsp3) is 0.400. The number of H-pyrrole nitrogens is 1. The van der Waals surface area contributed by atoms with Crippen molar-refractivity contribution < 1.29 is 9.53 Å². The lowest BCUT2D eigenvalue weighted by molar-refractivity contribution is 0.0970. The van der Waals surface area contributed by atoms with Crippen molar-refractivity contribution in [1.82, 2.24) is 19.5 Å². The van der Waals surface area contributed by atoms with Crippen LogP contribution in [-0.4, -0.2) is 45.7 Å². The van der Waals surface area contributed by atoms with Crippen molar-refractivity contribution in [3.63, 3.8) is 0 Å². The third-order valence-electron chi connectivity index (χ3n) is 3.48. The van der Waals surface area contributed by atoms with Gasteiger partial charge in [-0.2, -0.15) is 0 Å². The van der Waals surface area contributed by atoms with Gasteiger partial charge in [-0.3, -0.25) is 29.0 Å². The van der Waals surface area contributed by atoms with Crippen LogP contribution in [0.1, 0.15) is 23.8 Å². The van der Waals surface area contributed by atoms with Crippen molar-refractivity contribution in [2.75, 3.05) is 30.9 Å². The van der Waals surface area contributed by atoms with Crippen molar-refractivity contribution >= 4 is 17.4 Å². The molecule has 0 aromatic carbocycles. The minimum absolute atomic E-state index is 0.0469. The van der Waals surface area contributed by atoms with E-state index in [2.05, 4.69) is 15.0 Å². The van der Waals surface area contributed by atoms with Gasteiger partial charge in [0.05, 0.1) is 12.8 Å². The average molecular weight is 348 g/mol. The number of aromatic amines is 1. The SMILES string of the molecule is CCCn1c(N)c(N(CCOC)C(=O)c2cnccn2)c(=O)[nH]c1=O. The molecule has 0 spiro atoms. The van der Waals surface area contributed by atoms with E-state index in [0.29, 0.717) is 13.0 Å². The molecule has 0 saturated heterocycles. The second kappa shape index (κ2) is 8.20. The molecule has 0 aliphatic carbocycles. The quantitative estimate of drug-likeness (QED) is 0.695. The number of nitrogens with one attached hydrogen (secondary N) is 1. The van der Waals surface area contributed by atoms with Gasteiger partial charge in [0.1, 0.15) is 11.5 Å². The monoisotopic (exact) mass is 348 g/mol. The largest absolute Gasteiger partial charge is 0.383 e. The topological polar surface area (TPSA) is 136 Å².